The van der Waals surface area contributed by atoms with Crippen molar-refractivity contribution in [2.24, 2.45) is 5.92 Å². The van der Waals surface area contributed by atoms with Gasteiger partial charge in [-0.25, -0.2) is 0 Å². The fraction of sp³-hybridized carbons (Fsp3) is 0.417. The molecule has 0 bridgehead atoms. The Labute approximate surface area is 89.0 Å². The molecule has 0 unspecified atom stereocenters. The van der Waals surface area contributed by atoms with Gasteiger partial charge in [-0.05, 0) is 18.1 Å². The average molecular weight is 206 g/mol. The molecule has 0 saturated carbocycles. The van der Waals surface area contributed by atoms with E-state index in [1.54, 1.807) is 20.3 Å². The van der Waals surface area contributed by atoms with Crippen molar-refractivity contribution < 1.29 is 14.3 Å². The lowest BCUT2D eigenvalue weighted by Gasteiger charge is -2.08. The Kier molecular flexibility index (Phi) is 2.39. The number of carbonyl (C=O) groups excluding carboxylic acids is 1. The monoisotopic (exact) mass is 206 g/mol. The first kappa shape index (κ1) is 10.0. The van der Waals surface area contributed by atoms with E-state index in [-0.39, 0.29) is 11.7 Å². The van der Waals surface area contributed by atoms with Gasteiger partial charge in [-0.15, -0.1) is 0 Å². The molecule has 0 fully saturated rings. The minimum absolute atomic E-state index is 0.0565. The number of rotatable bonds is 2. The number of benzene rings is 1. The minimum Gasteiger partial charge on any atom is -0.497 e. The van der Waals surface area contributed by atoms with Crippen LogP contribution in [0.25, 0.3) is 0 Å². The van der Waals surface area contributed by atoms with Gasteiger partial charge in [0.15, 0.2) is 5.78 Å². The van der Waals surface area contributed by atoms with Crippen LogP contribution in [0.3, 0.4) is 0 Å². The zero-order valence-corrected chi connectivity index (χ0v) is 9.16. The number of methoxy groups -OCH3 is 2. The first-order valence-corrected chi connectivity index (χ1v) is 4.96. The normalized spacial score (nSPS) is 18.9. The summed E-state index contributed by atoms with van der Waals surface area (Å²) in [5.41, 5.74) is 1.76. The maximum Gasteiger partial charge on any atom is 0.170 e. The second-order valence-corrected chi connectivity index (χ2v) is 3.83. The molecule has 2 rings (SSSR count). The lowest BCUT2D eigenvalue weighted by molar-refractivity contribution is 0.0944. The van der Waals surface area contributed by atoms with E-state index < -0.39 is 0 Å². The van der Waals surface area contributed by atoms with Crippen LogP contribution in [0, 0.1) is 5.92 Å². The molecular formula is C12H14O3. The Bertz CT molecular complexity index is 410. The molecule has 0 spiro atoms. The molecule has 3 nitrogen and oxygen atoms in total. The number of ether oxygens (including phenoxy) is 2. The van der Waals surface area contributed by atoms with Crippen molar-refractivity contribution in [3.8, 4) is 11.5 Å². The van der Waals surface area contributed by atoms with E-state index in [2.05, 4.69) is 0 Å². The molecule has 0 aromatic heterocycles. The molecule has 80 valence electrons. The van der Waals surface area contributed by atoms with E-state index in [0.717, 1.165) is 23.3 Å². The maximum atomic E-state index is 11.9. The average Bonchev–Trinajstić information content (AvgIpc) is 2.53. The van der Waals surface area contributed by atoms with Crippen LogP contribution >= 0.6 is 0 Å². The van der Waals surface area contributed by atoms with Crippen molar-refractivity contribution in [3.63, 3.8) is 0 Å². The summed E-state index contributed by atoms with van der Waals surface area (Å²) in [5.74, 6) is 1.59. The van der Waals surface area contributed by atoms with Gasteiger partial charge in [-0.3, -0.25) is 4.79 Å². The molecule has 0 saturated heterocycles. The topological polar surface area (TPSA) is 35.5 Å². The van der Waals surface area contributed by atoms with Crippen LogP contribution in [0.2, 0.25) is 0 Å². The van der Waals surface area contributed by atoms with E-state index in [1.165, 1.54) is 0 Å². The standard InChI is InChI=1S/C12H14O3/c1-7-4-8-5-9(14-2)6-10(15-3)11(8)12(7)13/h5-7H,4H2,1-3H3/t7-/m1/s1. The number of carbonyl (C=O) groups is 1. The van der Waals surface area contributed by atoms with Crippen LogP contribution < -0.4 is 9.47 Å². The van der Waals surface area contributed by atoms with Crippen LogP contribution in [0.15, 0.2) is 12.1 Å². The van der Waals surface area contributed by atoms with Crippen molar-refractivity contribution in [3.05, 3.63) is 23.3 Å². The van der Waals surface area contributed by atoms with Crippen molar-refractivity contribution in [2.75, 3.05) is 14.2 Å². The minimum atomic E-state index is 0.0565. The highest BCUT2D eigenvalue weighted by atomic mass is 16.5. The van der Waals surface area contributed by atoms with E-state index in [9.17, 15) is 4.79 Å². The first-order chi connectivity index (χ1) is 7.17. The largest absolute Gasteiger partial charge is 0.497 e. The second kappa shape index (κ2) is 3.57. The fourth-order valence-corrected chi connectivity index (χ4v) is 2.03. The molecule has 3 heteroatoms. The predicted molar refractivity (Wildman–Crippen MR) is 56.7 cm³/mol. The third kappa shape index (κ3) is 1.48. The number of fused-ring (bicyclic) bond motifs is 1. The van der Waals surface area contributed by atoms with Crippen molar-refractivity contribution >= 4 is 5.78 Å². The Morgan fingerprint density at radius 3 is 2.60 bits per heavy atom. The number of Topliss-reactive ketones (excluding diaryl/α,β-unsaturated/α-hetero) is 1. The Balaban J connectivity index is 2.58. The van der Waals surface area contributed by atoms with Crippen molar-refractivity contribution in [2.45, 2.75) is 13.3 Å². The summed E-state index contributed by atoms with van der Waals surface area (Å²) in [6.45, 7) is 1.94. The van der Waals surface area contributed by atoms with Crippen LogP contribution in [0.4, 0.5) is 0 Å². The molecule has 0 heterocycles. The smallest absolute Gasteiger partial charge is 0.170 e. The molecule has 0 amide bonds. The van der Waals surface area contributed by atoms with Crippen LogP contribution in [0.1, 0.15) is 22.8 Å². The fourth-order valence-electron chi connectivity index (χ4n) is 2.03. The van der Waals surface area contributed by atoms with Gasteiger partial charge in [0, 0.05) is 12.0 Å². The van der Waals surface area contributed by atoms with Crippen LogP contribution in [-0.4, -0.2) is 20.0 Å². The molecule has 0 radical (unpaired) electrons. The molecule has 0 N–H and O–H groups in total. The molecule has 0 aliphatic heterocycles. The molecule has 1 aromatic carbocycles. The third-order valence-corrected chi connectivity index (χ3v) is 2.83. The summed E-state index contributed by atoms with van der Waals surface area (Å²) in [6, 6.07) is 3.67. The van der Waals surface area contributed by atoms with Crippen LogP contribution in [0.5, 0.6) is 11.5 Å². The highest BCUT2D eigenvalue weighted by Crippen LogP contribution is 2.36. The maximum absolute atomic E-state index is 11.9. The van der Waals surface area contributed by atoms with Gasteiger partial charge in [0.05, 0.1) is 19.8 Å². The van der Waals surface area contributed by atoms with Gasteiger partial charge in [0.1, 0.15) is 11.5 Å². The lowest BCUT2D eigenvalue weighted by atomic mass is 10.1. The quantitative estimate of drug-likeness (QED) is 0.743. The number of hydrogen-bond acceptors (Lipinski definition) is 3. The van der Waals surface area contributed by atoms with Gasteiger partial charge < -0.3 is 9.47 Å². The molecular weight excluding hydrogens is 192 g/mol. The molecule has 15 heavy (non-hydrogen) atoms. The van der Waals surface area contributed by atoms with Gasteiger partial charge in [0.25, 0.3) is 0 Å². The van der Waals surface area contributed by atoms with Crippen molar-refractivity contribution in [1.29, 1.82) is 0 Å². The van der Waals surface area contributed by atoms with E-state index in [4.69, 9.17) is 9.47 Å². The zero-order chi connectivity index (χ0) is 11.0. The van der Waals surface area contributed by atoms with Gasteiger partial charge in [-0.1, -0.05) is 6.92 Å². The third-order valence-electron chi connectivity index (χ3n) is 2.83. The van der Waals surface area contributed by atoms with E-state index in [0.29, 0.717) is 5.75 Å². The summed E-state index contributed by atoms with van der Waals surface area (Å²) >= 11 is 0. The van der Waals surface area contributed by atoms with Gasteiger partial charge >= 0.3 is 0 Å². The van der Waals surface area contributed by atoms with Gasteiger partial charge in [-0.2, -0.15) is 0 Å². The number of ketones is 1. The van der Waals surface area contributed by atoms with E-state index >= 15 is 0 Å². The predicted octanol–water partition coefficient (Wildman–Crippen LogP) is 2.08. The molecule has 1 aromatic rings. The summed E-state index contributed by atoms with van der Waals surface area (Å²) in [4.78, 5) is 11.9. The summed E-state index contributed by atoms with van der Waals surface area (Å²) in [5, 5.41) is 0. The first-order valence-electron chi connectivity index (χ1n) is 4.96. The second-order valence-electron chi connectivity index (χ2n) is 3.83. The Morgan fingerprint density at radius 2 is 2.00 bits per heavy atom. The molecule has 1 atom stereocenters. The molecule has 1 aliphatic rings. The summed E-state index contributed by atoms with van der Waals surface area (Å²) in [7, 11) is 3.19. The highest BCUT2D eigenvalue weighted by molar-refractivity contribution is 6.04. The Hall–Kier alpha value is -1.51. The molecule has 1 aliphatic carbocycles. The van der Waals surface area contributed by atoms with Crippen molar-refractivity contribution in [1.82, 2.24) is 0 Å². The Morgan fingerprint density at radius 1 is 1.27 bits per heavy atom. The summed E-state index contributed by atoms with van der Waals surface area (Å²) in [6.07, 6.45) is 0.779. The SMILES string of the molecule is COc1cc2c(c(OC)c1)C(=O)[C@H](C)C2. The number of hydrogen-bond donors (Lipinski definition) is 0. The van der Waals surface area contributed by atoms with E-state index in [1.807, 2.05) is 13.0 Å². The zero-order valence-electron chi connectivity index (χ0n) is 9.16. The van der Waals surface area contributed by atoms with Gasteiger partial charge in [0.2, 0.25) is 0 Å². The van der Waals surface area contributed by atoms with Crippen LogP contribution in [-0.2, 0) is 6.42 Å². The highest BCUT2D eigenvalue weighted by Gasteiger charge is 2.30. The lowest BCUT2D eigenvalue weighted by Crippen LogP contribution is -2.04. The summed E-state index contributed by atoms with van der Waals surface area (Å²) < 4.78 is 10.4.